The number of carbonyl (C=O) groups is 3. The summed E-state index contributed by atoms with van der Waals surface area (Å²) in [5.74, 6) is -1.37. The fraction of sp³-hybridized carbons (Fsp3) is 0.353. The summed E-state index contributed by atoms with van der Waals surface area (Å²) >= 11 is 6.07. The third kappa shape index (κ3) is 4.35. The fourth-order valence-corrected chi connectivity index (χ4v) is 2.54. The van der Waals surface area contributed by atoms with E-state index in [1.54, 1.807) is 24.9 Å². The number of ether oxygens (including phenoxy) is 1. The first kappa shape index (κ1) is 18.0. The van der Waals surface area contributed by atoms with Gasteiger partial charge >= 0.3 is 5.97 Å². The van der Waals surface area contributed by atoms with Gasteiger partial charge in [-0.1, -0.05) is 11.6 Å². The van der Waals surface area contributed by atoms with Crippen molar-refractivity contribution in [3.05, 3.63) is 40.4 Å². The monoisotopic (exact) mass is 350 g/mol. The van der Waals surface area contributed by atoms with E-state index in [4.69, 9.17) is 11.6 Å². The number of amides is 2. The third-order valence-corrected chi connectivity index (χ3v) is 3.98. The fourth-order valence-electron chi connectivity index (χ4n) is 2.27. The van der Waals surface area contributed by atoms with E-state index in [9.17, 15) is 14.4 Å². The van der Waals surface area contributed by atoms with Gasteiger partial charge in [0.1, 0.15) is 0 Å². The number of esters is 1. The Morgan fingerprint density at radius 3 is 2.54 bits per heavy atom. The van der Waals surface area contributed by atoms with E-state index in [0.717, 1.165) is 25.0 Å². The molecular formula is C17H19ClN2O4. The lowest BCUT2D eigenvalue weighted by molar-refractivity contribution is -0.135. The average molecular weight is 351 g/mol. The first-order chi connectivity index (χ1) is 11.3. The molecule has 1 N–H and O–H groups in total. The lowest BCUT2D eigenvalue weighted by Gasteiger charge is -2.20. The highest BCUT2D eigenvalue weighted by atomic mass is 35.5. The van der Waals surface area contributed by atoms with Crippen LogP contribution in [0.5, 0.6) is 0 Å². The second kappa shape index (κ2) is 7.49. The van der Waals surface area contributed by atoms with Crippen molar-refractivity contribution in [2.24, 2.45) is 0 Å². The van der Waals surface area contributed by atoms with Gasteiger partial charge in [-0.3, -0.25) is 9.59 Å². The molecule has 2 rings (SSSR count). The number of hydrogen-bond acceptors (Lipinski definition) is 4. The van der Waals surface area contributed by atoms with E-state index in [1.165, 1.54) is 13.2 Å². The lowest BCUT2D eigenvalue weighted by Crippen LogP contribution is -2.30. The number of nitrogens with one attached hydrogen (secondary N) is 1. The van der Waals surface area contributed by atoms with Gasteiger partial charge in [0, 0.05) is 30.3 Å². The molecule has 0 heterocycles. The molecule has 0 aromatic heterocycles. The molecule has 1 aliphatic rings. The summed E-state index contributed by atoms with van der Waals surface area (Å²) in [5.41, 5.74) is 1.38. The molecule has 6 nitrogen and oxygen atoms in total. The van der Waals surface area contributed by atoms with Crippen molar-refractivity contribution < 1.29 is 19.1 Å². The average Bonchev–Trinajstić information content (AvgIpc) is 3.38. The van der Waals surface area contributed by atoms with Crippen LogP contribution in [0, 0.1) is 6.92 Å². The highest BCUT2D eigenvalue weighted by Crippen LogP contribution is 2.31. The predicted octanol–water partition coefficient (Wildman–Crippen LogP) is 2.55. The van der Waals surface area contributed by atoms with Crippen LogP contribution in [0.25, 0.3) is 0 Å². The number of benzene rings is 1. The summed E-state index contributed by atoms with van der Waals surface area (Å²) in [7, 11) is 2.96. The summed E-state index contributed by atoms with van der Waals surface area (Å²) in [6.07, 6.45) is 4.02. The Balaban J connectivity index is 2.27. The number of rotatable bonds is 5. The predicted molar refractivity (Wildman–Crippen MR) is 91.1 cm³/mol. The van der Waals surface area contributed by atoms with Gasteiger partial charge < -0.3 is 15.0 Å². The third-order valence-electron chi connectivity index (χ3n) is 3.77. The van der Waals surface area contributed by atoms with Crippen LogP contribution in [0.4, 0.5) is 5.69 Å². The molecule has 0 atom stereocenters. The smallest absolute Gasteiger partial charge is 0.330 e. The molecule has 1 saturated carbocycles. The van der Waals surface area contributed by atoms with Crippen molar-refractivity contribution in [3.63, 3.8) is 0 Å². The molecule has 0 unspecified atom stereocenters. The van der Waals surface area contributed by atoms with Crippen LogP contribution in [0.3, 0.4) is 0 Å². The lowest BCUT2D eigenvalue weighted by atomic mass is 10.1. The first-order valence-corrected chi connectivity index (χ1v) is 7.85. The molecule has 0 spiro atoms. The van der Waals surface area contributed by atoms with Crippen LogP contribution in [-0.2, 0) is 14.3 Å². The molecule has 24 heavy (non-hydrogen) atoms. The molecule has 1 aromatic carbocycles. The second-order valence-electron chi connectivity index (χ2n) is 5.64. The molecule has 2 amide bonds. The van der Waals surface area contributed by atoms with Crippen LogP contribution in [0.1, 0.15) is 28.8 Å². The van der Waals surface area contributed by atoms with Crippen LogP contribution in [-0.4, -0.2) is 42.9 Å². The standard InChI is InChI=1S/C17H19ClN2O4/c1-10-8-11(18)9-13(17(23)20(2)12-4-5-12)16(10)19-14(21)6-7-15(22)24-3/h6-9,12H,4-5H2,1-3H3,(H,19,21)/b7-6+. The first-order valence-electron chi connectivity index (χ1n) is 7.47. The van der Waals surface area contributed by atoms with Gasteiger partial charge in [0.15, 0.2) is 0 Å². The van der Waals surface area contributed by atoms with E-state index < -0.39 is 11.9 Å². The number of hydrogen-bond donors (Lipinski definition) is 1. The van der Waals surface area contributed by atoms with E-state index in [2.05, 4.69) is 10.1 Å². The largest absolute Gasteiger partial charge is 0.466 e. The van der Waals surface area contributed by atoms with Crippen molar-refractivity contribution in [3.8, 4) is 0 Å². The molecule has 7 heteroatoms. The second-order valence-corrected chi connectivity index (χ2v) is 6.07. The highest BCUT2D eigenvalue weighted by molar-refractivity contribution is 6.31. The molecule has 0 saturated heterocycles. The number of carbonyl (C=O) groups excluding carboxylic acids is 3. The molecule has 0 bridgehead atoms. The van der Waals surface area contributed by atoms with Gasteiger partial charge in [0.25, 0.3) is 5.91 Å². The number of aryl methyl sites for hydroxylation is 1. The van der Waals surface area contributed by atoms with E-state index in [0.29, 0.717) is 21.8 Å². The zero-order chi connectivity index (χ0) is 17.9. The van der Waals surface area contributed by atoms with E-state index in [1.807, 2.05) is 0 Å². The minimum atomic E-state index is -0.636. The Morgan fingerprint density at radius 1 is 1.29 bits per heavy atom. The number of nitrogens with zero attached hydrogens (tertiary/aromatic N) is 1. The van der Waals surface area contributed by atoms with Gasteiger partial charge in [-0.25, -0.2) is 4.79 Å². The quantitative estimate of drug-likeness (QED) is 0.654. The minimum absolute atomic E-state index is 0.199. The zero-order valence-electron chi connectivity index (χ0n) is 13.8. The Morgan fingerprint density at radius 2 is 1.96 bits per heavy atom. The topological polar surface area (TPSA) is 75.7 Å². The molecule has 0 aliphatic heterocycles. The summed E-state index contributed by atoms with van der Waals surface area (Å²) in [4.78, 5) is 37.4. The SMILES string of the molecule is COC(=O)/C=C/C(=O)Nc1c(C)cc(Cl)cc1C(=O)N(C)C1CC1. The summed E-state index contributed by atoms with van der Waals surface area (Å²) < 4.78 is 4.43. The Labute approximate surface area is 145 Å². The van der Waals surface area contributed by atoms with Gasteiger partial charge in [-0.2, -0.15) is 0 Å². The van der Waals surface area contributed by atoms with E-state index in [-0.39, 0.29) is 11.9 Å². The van der Waals surface area contributed by atoms with Gasteiger partial charge in [0.05, 0.1) is 18.4 Å². The zero-order valence-corrected chi connectivity index (χ0v) is 14.5. The van der Waals surface area contributed by atoms with Crippen molar-refractivity contribution in [1.82, 2.24) is 4.90 Å². The summed E-state index contributed by atoms with van der Waals surface area (Å²) in [5, 5.41) is 3.06. The maximum atomic E-state index is 12.7. The van der Waals surface area contributed by atoms with Crippen molar-refractivity contribution in [2.75, 3.05) is 19.5 Å². The molecular weight excluding hydrogens is 332 g/mol. The van der Waals surface area contributed by atoms with Crippen molar-refractivity contribution >= 4 is 35.1 Å². The minimum Gasteiger partial charge on any atom is -0.466 e. The maximum Gasteiger partial charge on any atom is 0.330 e. The van der Waals surface area contributed by atoms with Crippen LogP contribution < -0.4 is 5.32 Å². The highest BCUT2D eigenvalue weighted by Gasteiger charge is 2.31. The Hall–Kier alpha value is -2.34. The number of methoxy groups -OCH3 is 1. The molecule has 0 radical (unpaired) electrons. The van der Waals surface area contributed by atoms with Gasteiger partial charge in [-0.05, 0) is 37.5 Å². The van der Waals surface area contributed by atoms with E-state index >= 15 is 0 Å². The van der Waals surface area contributed by atoms with Crippen LogP contribution in [0.2, 0.25) is 5.02 Å². The summed E-state index contributed by atoms with van der Waals surface area (Å²) in [6.45, 7) is 1.75. The number of halogens is 1. The molecule has 1 aromatic rings. The van der Waals surface area contributed by atoms with Gasteiger partial charge in [-0.15, -0.1) is 0 Å². The molecule has 128 valence electrons. The maximum absolute atomic E-state index is 12.7. The molecule has 1 fully saturated rings. The Bertz CT molecular complexity index is 711. The van der Waals surface area contributed by atoms with Crippen molar-refractivity contribution in [2.45, 2.75) is 25.8 Å². The molecule has 1 aliphatic carbocycles. The summed E-state index contributed by atoms with van der Waals surface area (Å²) in [6, 6.07) is 3.43. The van der Waals surface area contributed by atoms with Crippen LogP contribution >= 0.6 is 11.6 Å². The normalized spacial score (nSPS) is 13.7. The van der Waals surface area contributed by atoms with Gasteiger partial charge in [0.2, 0.25) is 5.91 Å². The van der Waals surface area contributed by atoms with Crippen molar-refractivity contribution in [1.29, 1.82) is 0 Å². The van der Waals surface area contributed by atoms with Crippen LogP contribution in [0.15, 0.2) is 24.3 Å². The number of anilines is 1. The Kier molecular flexibility index (Phi) is 5.62.